The van der Waals surface area contributed by atoms with Crippen molar-refractivity contribution in [3.05, 3.63) is 20.9 Å². The Balaban J connectivity index is 2.33. The molecule has 0 aromatic carbocycles. The predicted octanol–water partition coefficient (Wildman–Crippen LogP) is 3.42. The molecule has 2 rings (SSSR count). The normalized spacial score (nSPS) is 20.0. The summed E-state index contributed by atoms with van der Waals surface area (Å²) < 4.78 is 0. The van der Waals surface area contributed by atoms with Gasteiger partial charge in [0, 0.05) is 15.8 Å². The van der Waals surface area contributed by atoms with Crippen LogP contribution in [0.5, 0.6) is 0 Å². The maximum Gasteiger partial charge on any atom is 0.233 e. The number of thiophene rings is 1. The van der Waals surface area contributed by atoms with Gasteiger partial charge < -0.3 is 4.90 Å². The number of rotatable bonds is 1. The number of halogens is 1. The van der Waals surface area contributed by atoms with E-state index in [9.17, 15) is 4.79 Å². The van der Waals surface area contributed by atoms with Crippen molar-refractivity contribution in [3.8, 4) is 0 Å². The maximum atomic E-state index is 11.9. The number of hydrogen-bond acceptors (Lipinski definition) is 2. The second-order valence-electron chi connectivity index (χ2n) is 4.73. The van der Waals surface area contributed by atoms with E-state index in [-0.39, 0.29) is 5.91 Å². The average Bonchev–Trinajstić information content (AvgIpc) is 2.48. The van der Waals surface area contributed by atoms with Gasteiger partial charge in [0.1, 0.15) is 0 Å². The summed E-state index contributed by atoms with van der Waals surface area (Å²) in [4.78, 5) is 16.7. The summed E-state index contributed by atoms with van der Waals surface area (Å²) in [7, 11) is 0. The zero-order chi connectivity index (χ0) is 12.6. The highest BCUT2D eigenvalue weighted by atomic mass is 79.9. The molecule has 17 heavy (non-hydrogen) atoms. The Morgan fingerprint density at radius 3 is 2.88 bits per heavy atom. The summed E-state index contributed by atoms with van der Waals surface area (Å²) in [6.07, 6.45) is 2.18. The van der Waals surface area contributed by atoms with Crippen LogP contribution in [0, 0.1) is 13.8 Å². The largest absolute Gasteiger partial charge is 0.334 e. The molecule has 0 spiro atoms. The highest BCUT2D eigenvalue weighted by molar-refractivity contribution is 9.09. The summed E-state index contributed by atoms with van der Waals surface area (Å²) in [6.45, 7) is 7.32. The van der Waals surface area contributed by atoms with E-state index in [1.54, 1.807) is 0 Å². The molecule has 1 aliphatic heterocycles. The molecule has 0 unspecified atom stereocenters. The van der Waals surface area contributed by atoms with Crippen LogP contribution in [-0.4, -0.2) is 22.2 Å². The van der Waals surface area contributed by atoms with E-state index in [2.05, 4.69) is 36.7 Å². The fraction of sp³-hybridized carbons (Fsp3) is 0.615. The Kier molecular flexibility index (Phi) is 3.93. The second kappa shape index (κ2) is 5.11. The monoisotopic (exact) mass is 315 g/mol. The van der Waals surface area contributed by atoms with Crippen LogP contribution in [0.1, 0.15) is 34.2 Å². The van der Waals surface area contributed by atoms with E-state index in [4.69, 9.17) is 0 Å². The van der Waals surface area contributed by atoms with Gasteiger partial charge in [0.2, 0.25) is 5.91 Å². The van der Waals surface area contributed by atoms with Crippen LogP contribution in [0.4, 0.5) is 0 Å². The third-order valence-electron chi connectivity index (χ3n) is 3.69. The van der Waals surface area contributed by atoms with E-state index in [1.807, 2.05) is 16.2 Å². The molecular weight excluding hydrogens is 298 g/mol. The van der Waals surface area contributed by atoms with Gasteiger partial charge in [0.15, 0.2) is 0 Å². The first-order valence-corrected chi connectivity index (χ1v) is 7.91. The summed E-state index contributed by atoms with van der Waals surface area (Å²) in [6, 6.07) is 0.347. The molecule has 0 fully saturated rings. The molecule has 1 aromatic heterocycles. The Morgan fingerprint density at radius 1 is 1.53 bits per heavy atom. The number of alkyl halides is 1. The smallest absolute Gasteiger partial charge is 0.233 e. The summed E-state index contributed by atoms with van der Waals surface area (Å²) in [5, 5.41) is 0.427. The molecule has 1 amide bonds. The van der Waals surface area contributed by atoms with Crippen molar-refractivity contribution < 1.29 is 4.79 Å². The number of carbonyl (C=O) groups is 1. The minimum atomic E-state index is 0.203. The highest BCUT2D eigenvalue weighted by Gasteiger charge is 2.26. The van der Waals surface area contributed by atoms with Crippen molar-refractivity contribution in [1.82, 2.24) is 4.90 Å². The van der Waals surface area contributed by atoms with Crippen molar-refractivity contribution in [3.63, 3.8) is 0 Å². The molecule has 0 radical (unpaired) electrons. The first-order valence-electron chi connectivity index (χ1n) is 5.97. The average molecular weight is 316 g/mol. The Bertz CT molecular complexity index is 441. The molecule has 94 valence electrons. The van der Waals surface area contributed by atoms with Crippen molar-refractivity contribution in [2.24, 2.45) is 0 Å². The zero-order valence-corrected chi connectivity index (χ0v) is 12.9. The standard InChI is InChI=1S/C13H18BrNOS/c1-8-4-5-11-9(2)10(3)17-12(11)7-15(8)13(16)6-14/h8H,4-7H2,1-3H3/t8-/m1/s1. The lowest BCUT2D eigenvalue weighted by Crippen LogP contribution is -2.37. The Hall–Kier alpha value is -0.350. The maximum absolute atomic E-state index is 11.9. The van der Waals surface area contributed by atoms with E-state index in [1.165, 1.54) is 20.9 Å². The lowest BCUT2D eigenvalue weighted by Gasteiger charge is -2.26. The first kappa shape index (κ1) is 13.1. The molecule has 0 saturated carbocycles. The van der Waals surface area contributed by atoms with E-state index in [0.717, 1.165) is 19.4 Å². The van der Waals surface area contributed by atoms with E-state index < -0.39 is 0 Å². The van der Waals surface area contributed by atoms with Crippen LogP contribution in [0.15, 0.2) is 0 Å². The molecule has 0 aliphatic carbocycles. The van der Waals surface area contributed by atoms with Crippen LogP contribution in [0.2, 0.25) is 0 Å². The fourth-order valence-corrected chi connectivity index (χ4v) is 3.98. The number of aryl methyl sites for hydroxylation is 1. The van der Waals surface area contributed by atoms with E-state index in [0.29, 0.717) is 11.4 Å². The minimum Gasteiger partial charge on any atom is -0.334 e. The lowest BCUT2D eigenvalue weighted by atomic mass is 10.0. The Labute approximate surface area is 115 Å². The summed E-state index contributed by atoms with van der Waals surface area (Å²) in [5.74, 6) is 0.203. The van der Waals surface area contributed by atoms with Gasteiger partial charge in [-0.05, 0) is 44.7 Å². The molecule has 2 heterocycles. The number of amides is 1. The third kappa shape index (κ3) is 2.43. The van der Waals surface area contributed by atoms with Crippen LogP contribution in [0.25, 0.3) is 0 Å². The predicted molar refractivity (Wildman–Crippen MR) is 75.9 cm³/mol. The number of nitrogens with zero attached hydrogens (tertiary/aromatic N) is 1. The molecule has 0 saturated heterocycles. The van der Waals surface area contributed by atoms with Crippen molar-refractivity contribution in [2.75, 3.05) is 5.33 Å². The van der Waals surface area contributed by atoms with Crippen molar-refractivity contribution in [1.29, 1.82) is 0 Å². The van der Waals surface area contributed by atoms with Crippen LogP contribution in [-0.2, 0) is 17.8 Å². The van der Waals surface area contributed by atoms with Gasteiger partial charge in [0.25, 0.3) is 0 Å². The summed E-state index contributed by atoms with van der Waals surface area (Å²) >= 11 is 5.13. The fourth-order valence-electron chi connectivity index (χ4n) is 2.43. The summed E-state index contributed by atoms with van der Waals surface area (Å²) in [5.41, 5.74) is 2.93. The van der Waals surface area contributed by atoms with Gasteiger partial charge in [0.05, 0.1) is 11.9 Å². The lowest BCUT2D eigenvalue weighted by molar-refractivity contribution is -0.130. The van der Waals surface area contributed by atoms with Gasteiger partial charge >= 0.3 is 0 Å². The van der Waals surface area contributed by atoms with Gasteiger partial charge in [-0.3, -0.25) is 4.79 Å². The number of fused-ring (bicyclic) bond motifs is 1. The quantitative estimate of drug-likeness (QED) is 0.727. The zero-order valence-electron chi connectivity index (χ0n) is 10.5. The number of carbonyl (C=O) groups excluding carboxylic acids is 1. The Morgan fingerprint density at radius 2 is 2.24 bits per heavy atom. The van der Waals surface area contributed by atoms with Crippen molar-refractivity contribution in [2.45, 2.75) is 46.2 Å². The molecule has 0 N–H and O–H groups in total. The molecule has 1 aromatic rings. The highest BCUT2D eigenvalue weighted by Crippen LogP contribution is 2.33. The van der Waals surface area contributed by atoms with Gasteiger partial charge in [-0.25, -0.2) is 0 Å². The third-order valence-corrected chi connectivity index (χ3v) is 5.40. The van der Waals surface area contributed by atoms with E-state index >= 15 is 0 Å². The van der Waals surface area contributed by atoms with Gasteiger partial charge in [-0.1, -0.05) is 15.9 Å². The SMILES string of the molecule is Cc1sc2c(c1C)CC[C@@H](C)N(C(=O)CBr)C2. The molecule has 1 atom stereocenters. The molecule has 0 bridgehead atoms. The second-order valence-corrected chi connectivity index (χ2v) is 6.60. The topological polar surface area (TPSA) is 20.3 Å². The molecule has 2 nitrogen and oxygen atoms in total. The molecule has 4 heteroatoms. The van der Waals surface area contributed by atoms with Crippen LogP contribution in [0.3, 0.4) is 0 Å². The van der Waals surface area contributed by atoms with Crippen LogP contribution < -0.4 is 0 Å². The van der Waals surface area contributed by atoms with Gasteiger partial charge in [-0.15, -0.1) is 11.3 Å². The number of hydrogen-bond donors (Lipinski definition) is 0. The van der Waals surface area contributed by atoms with Crippen molar-refractivity contribution >= 4 is 33.2 Å². The van der Waals surface area contributed by atoms with Crippen LogP contribution >= 0.6 is 27.3 Å². The molecular formula is C13H18BrNOS. The minimum absolute atomic E-state index is 0.203. The first-order chi connectivity index (χ1) is 8.04. The van der Waals surface area contributed by atoms with Gasteiger partial charge in [-0.2, -0.15) is 0 Å². The molecule has 1 aliphatic rings.